The number of ketones is 1. The highest BCUT2D eigenvalue weighted by atomic mass is 16.3. The van der Waals surface area contributed by atoms with Crippen molar-refractivity contribution in [2.24, 2.45) is 5.41 Å². The fourth-order valence-corrected chi connectivity index (χ4v) is 1.45. The summed E-state index contributed by atoms with van der Waals surface area (Å²) in [5.41, 5.74) is 0.855. The van der Waals surface area contributed by atoms with Gasteiger partial charge in [-0.3, -0.25) is 4.79 Å². The molecule has 3 nitrogen and oxygen atoms in total. The standard InChI is InChI=1S/C12H19NO2/c1-8-10(14)9(11(8)15)13-7-5-6-12(2,3)4/h13-14H,1,5-7H2,2-4H3. The van der Waals surface area contributed by atoms with E-state index in [0.717, 1.165) is 19.4 Å². The molecular weight excluding hydrogens is 190 g/mol. The molecule has 2 N–H and O–H groups in total. The summed E-state index contributed by atoms with van der Waals surface area (Å²) >= 11 is 0. The van der Waals surface area contributed by atoms with Crippen molar-refractivity contribution in [1.82, 2.24) is 5.32 Å². The Balaban J connectivity index is 2.29. The van der Waals surface area contributed by atoms with Gasteiger partial charge in [0.15, 0.2) is 5.76 Å². The smallest absolute Gasteiger partial charge is 0.215 e. The van der Waals surface area contributed by atoms with E-state index in [-0.39, 0.29) is 17.1 Å². The van der Waals surface area contributed by atoms with Crippen LogP contribution in [0.2, 0.25) is 0 Å². The largest absolute Gasteiger partial charge is 0.505 e. The summed E-state index contributed by atoms with van der Waals surface area (Å²) < 4.78 is 0. The normalized spacial score (nSPS) is 16.7. The number of aliphatic hydroxyl groups excluding tert-OH is 1. The number of allylic oxidation sites excluding steroid dienone is 2. The van der Waals surface area contributed by atoms with E-state index in [1.807, 2.05) is 0 Å². The third kappa shape index (κ3) is 2.85. The Morgan fingerprint density at radius 3 is 2.47 bits per heavy atom. The maximum Gasteiger partial charge on any atom is 0.215 e. The lowest BCUT2D eigenvalue weighted by atomic mass is 9.90. The average Bonchev–Trinajstić information content (AvgIpc) is 2.14. The summed E-state index contributed by atoms with van der Waals surface area (Å²) in [6.07, 6.45) is 2.07. The predicted octanol–water partition coefficient (Wildman–Crippen LogP) is 2.31. The first kappa shape index (κ1) is 11.8. The summed E-state index contributed by atoms with van der Waals surface area (Å²) in [5.74, 6) is -0.140. The Morgan fingerprint density at radius 2 is 2.00 bits per heavy atom. The van der Waals surface area contributed by atoms with Crippen LogP contribution in [0, 0.1) is 5.41 Å². The molecule has 0 saturated carbocycles. The summed E-state index contributed by atoms with van der Waals surface area (Å²) in [6, 6.07) is 0. The lowest BCUT2D eigenvalue weighted by Gasteiger charge is -2.22. The number of hydrogen-bond donors (Lipinski definition) is 2. The molecule has 0 atom stereocenters. The molecule has 0 bridgehead atoms. The topological polar surface area (TPSA) is 49.3 Å². The molecule has 1 rings (SSSR count). The molecule has 0 amide bonds. The maximum atomic E-state index is 11.2. The van der Waals surface area contributed by atoms with Gasteiger partial charge in [0, 0.05) is 6.54 Å². The predicted molar refractivity (Wildman–Crippen MR) is 60.5 cm³/mol. The van der Waals surface area contributed by atoms with Gasteiger partial charge in [0.1, 0.15) is 5.70 Å². The Hall–Kier alpha value is -1.25. The van der Waals surface area contributed by atoms with Crippen LogP contribution in [0.4, 0.5) is 0 Å². The van der Waals surface area contributed by atoms with Crippen molar-refractivity contribution in [3.05, 3.63) is 23.6 Å². The molecule has 0 aromatic rings. The third-order valence-corrected chi connectivity index (χ3v) is 2.43. The number of carbonyl (C=O) groups is 1. The highest BCUT2D eigenvalue weighted by Crippen LogP contribution is 2.24. The summed E-state index contributed by atoms with van der Waals surface area (Å²) in [5, 5.41) is 12.2. The minimum atomic E-state index is -0.164. The second kappa shape index (κ2) is 4.09. The molecule has 84 valence electrons. The second-order valence-electron chi connectivity index (χ2n) is 5.12. The van der Waals surface area contributed by atoms with Crippen LogP contribution < -0.4 is 5.32 Å². The zero-order valence-corrected chi connectivity index (χ0v) is 9.68. The van der Waals surface area contributed by atoms with E-state index in [2.05, 4.69) is 32.7 Å². The first-order chi connectivity index (χ1) is 6.83. The molecule has 0 unspecified atom stereocenters. The average molecular weight is 209 g/mol. The number of carbonyl (C=O) groups excluding carboxylic acids is 1. The Morgan fingerprint density at radius 1 is 1.40 bits per heavy atom. The maximum absolute atomic E-state index is 11.2. The van der Waals surface area contributed by atoms with E-state index in [4.69, 9.17) is 0 Å². The van der Waals surface area contributed by atoms with Crippen molar-refractivity contribution < 1.29 is 9.90 Å². The van der Waals surface area contributed by atoms with Gasteiger partial charge in [0.25, 0.3) is 0 Å². The van der Waals surface area contributed by atoms with Gasteiger partial charge in [-0.15, -0.1) is 0 Å². The molecule has 0 aromatic carbocycles. The minimum absolute atomic E-state index is 0.0239. The van der Waals surface area contributed by atoms with E-state index < -0.39 is 0 Å². The van der Waals surface area contributed by atoms with Crippen LogP contribution >= 0.6 is 0 Å². The zero-order chi connectivity index (χ0) is 11.6. The van der Waals surface area contributed by atoms with E-state index in [9.17, 15) is 9.90 Å². The highest BCUT2D eigenvalue weighted by Gasteiger charge is 2.31. The molecule has 0 aliphatic heterocycles. The Kier molecular flexibility index (Phi) is 3.22. The van der Waals surface area contributed by atoms with Gasteiger partial charge in [-0.1, -0.05) is 27.4 Å². The van der Waals surface area contributed by atoms with Crippen LogP contribution in [0.15, 0.2) is 23.6 Å². The molecular formula is C12H19NO2. The zero-order valence-electron chi connectivity index (χ0n) is 9.68. The first-order valence-corrected chi connectivity index (χ1v) is 5.24. The number of rotatable bonds is 4. The van der Waals surface area contributed by atoms with Crippen molar-refractivity contribution in [2.75, 3.05) is 6.54 Å². The summed E-state index contributed by atoms with van der Waals surface area (Å²) in [7, 11) is 0. The van der Waals surface area contributed by atoms with Gasteiger partial charge < -0.3 is 10.4 Å². The van der Waals surface area contributed by atoms with Gasteiger partial charge in [-0.25, -0.2) is 0 Å². The van der Waals surface area contributed by atoms with Crippen LogP contribution in [0.25, 0.3) is 0 Å². The monoisotopic (exact) mass is 209 g/mol. The van der Waals surface area contributed by atoms with Gasteiger partial charge in [-0.05, 0) is 18.3 Å². The summed E-state index contributed by atoms with van der Waals surface area (Å²) in [6.45, 7) is 10.7. The molecule has 1 aliphatic rings. The fourth-order valence-electron chi connectivity index (χ4n) is 1.45. The fraction of sp³-hybridized carbons (Fsp3) is 0.583. The summed E-state index contributed by atoms with van der Waals surface area (Å²) in [4.78, 5) is 11.2. The lowest BCUT2D eigenvalue weighted by molar-refractivity contribution is -0.114. The van der Waals surface area contributed by atoms with Gasteiger partial charge in [0.05, 0.1) is 5.57 Å². The SMILES string of the molecule is C=C1C(=O)C(NCCCC(C)(C)C)=C1O. The molecule has 0 saturated heterocycles. The molecule has 0 heterocycles. The van der Waals surface area contributed by atoms with Crippen LogP contribution in [-0.2, 0) is 4.79 Å². The molecule has 0 radical (unpaired) electrons. The lowest BCUT2D eigenvalue weighted by Crippen LogP contribution is -2.33. The van der Waals surface area contributed by atoms with Crippen molar-refractivity contribution in [2.45, 2.75) is 33.6 Å². The number of aliphatic hydroxyl groups is 1. The molecule has 0 spiro atoms. The molecule has 0 fully saturated rings. The van der Waals surface area contributed by atoms with Crippen molar-refractivity contribution >= 4 is 5.78 Å². The molecule has 15 heavy (non-hydrogen) atoms. The third-order valence-electron chi connectivity index (χ3n) is 2.43. The second-order valence-corrected chi connectivity index (χ2v) is 5.12. The quantitative estimate of drug-likeness (QED) is 0.552. The van der Waals surface area contributed by atoms with Crippen molar-refractivity contribution in [1.29, 1.82) is 0 Å². The highest BCUT2D eigenvalue weighted by molar-refractivity contribution is 6.18. The van der Waals surface area contributed by atoms with Crippen LogP contribution in [-0.4, -0.2) is 17.4 Å². The number of hydrogen-bond acceptors (Lipinski definition) is 3. The van der Waals surface area contributed by atoms with Gasteiger partial charge in [-0.2, -0.15) is 0 Å². The van der Waals surface area contributed by atoms with E-state index in [1.54, 1.807) is 0 Å². The van der Waals surface area contributed by atoms with Gasteiger partial charge >= 0.3 is 0 Å². The van der Waals surface area contributed by atoms with Crippen molar-refractivity contribution in [3.63, 3.8) is 0 Å². The molecule has 0 aromatic heterocycles. The Labute approximate surface area is 90.9 Å². The number of nitrogens with one attached hydrogen (secondary N) is 1. The van der Waals surface area contributed by atoms with Crippen LogP contribution in [0.5, 0.6) is 0 Å². The van der Waals surface area contributed by atoms with E-state index >= 15 is 0 Å². The van der Waals surface area contributed by atoms with Crippen LogP contribution in [0.3, 0.4) is 0 Å². The Bertz CT molecular complexity index is 321. The van der Waals surface area contributed by atoms with E-state index in [0.29, 0.717) is 11.1 Å². The molecule has 3 heteroatoms. The van der Waals surface area contributed by atoms with Gasteiger partial charge in [0.2, 0.25) is 5.78 Å². The van der Waals surface area contributed by atoms with Crippen LogP contribution in [0.1, 0.15) is 33.6 Å². The van der Waals surface area contributed by atoms with E-state index in [1.165, 1.54) is 0 Å². The minimum Gasteiger partial charge on any atom is -0.505 e. The number of Topliss-reactive ketones (excluding diaryl/α,β-unsaturated/α-hetero) is 1. The van der Waals surface area contributed by atoms with Crippen molar-refractivity contribution in [3.8, 4) is 0 Å². The first-order valence-electron chi connectivity index (χ1n) is 5.24. The molecule has 1 aliphatic carbocycles.